The number of esters is 3. The third kappa shape index (κ3) is 44.8. The highest BCUT2D eigenvalue weighted by atomic mass is 16.6. The summed E-state index contributed by atoms with van der Waals surface area (Å²) in [4.78, 5) is 37.8. The monoisotopic (exact) mass is 803 g/mol. The third-order valence-corrected chi connectivity index (χ3v) is 11.0. The van der Waals surface area contributed by atoms with Crippen molar-refractivity contribution in [1.29, 1.82) is 0 Å². The molecule has 334 valence electrons. The first-order chi connectivity index (χ1) is 28.0. The van der Waals surface area contributed by atoms with Crippen LogP contribution in [0.3, 0.4) is 0 Å². The van der Waals surface area contributed by atoms with Gasteiger partial charge in [-0.3, -0.25) is 14.4 Å². The van der Waals surface area contributed by atoms with Crippen molar-refractivity contribution in [2.24, 2.45) is 0 Å². The zero-order valence-electron chi connectivity index (χ0n) is 38.1. The molecule has 0 heterocycles. The largest absolute Gasteiger partial charge is 0.462 e. The van der Waals surface area contributed by atoms with Crippen molar-refractivity contribution >= 4 is 17.9 Å². The Labute approximate surface area is 353 Å². The van der Waals surface area contributed by atoms with E-state index in [0.717, 1.165) is 77.0 Å². The molecule has 0 N–H and O–H groups in total. The number of rotatable bonds is 45. The minimum absolute atomic E-state index is 0.0700. The van der Waals surface area contributed by atoms with Gasteiger partial charge in [-0.05, 0) is 44.9 Å². The van der Waals surface area contributed by atoms with E-state index in [0.29, 0.717) is 19.3 Å². The van der Waals surface area contributed by atoms with E-state index in [2.05, 4.69) is 45.1 Å². The Kier molecular flexibility index (Phi) is 44.9. The lowest BCUT2D eigenvalue weighted by atomic mass is 10.0. The van der Waals surface area contributed by atoms with Gasteiger partial charge in [-0.25, -0.2) is 0 Å². The zero-order valence-corrected chi connectivity index (χ0v) is 38.1. The molecule has 6 nitrogen and oxygen atoms in total. The van der Waals surface area contributed by atoms with Crippen LogP contribution in [-0.4, -0.2) is 37.2 Å². The summed E-state index contributed by atoms with van der Waals surface area (Å²) in [5.74, 6) is -0.868. The van der Waals surface area contributed by atoms with Crippen molar-refractivity contribution in [3.63, 3.8) is 0 Å². The smallest absolute Gasteiger partial charge is 0.306 e. The summed E-state index contributed by atoms with van der Waals surface area (Å²) in [5, 5.41) is 0. The first-order valence-electron chi connectivity index (χ1n) is 24.8. The normalized spacial score (nSPS) is 12.1. The van der Waals surface area contributed by atoms with Crippen LogP contribution in [0.2, 0.25) is 0 Å². The van der Waals surface area contributed by atoms with E-state index in [1.165, 1.54) is 148 Å². The van der Waals surface area contributed by atoms with Crippen molar-refractivity contribution < 1.29 is 28.6 Å². The minimum Gasteiger partial charge on any atom is -0.462 e. The Hall–Kier alpha value is -2.11. The molecule has 0 aromatic carbocycles. The number of hydrogen-bond donors (Lipinski definition) is 0. The Morgan fingerprint density at radius 2 is 0.684 bits per heavy atom. The third-order valence-electron chi connectivity index (χ3n) is 11.0. The molecule has 0 rings (SSSR count). The fraction of sp³-hybridized carbons (Fsp3) is 0.863. The second-order valence-corrected chi connectivity index (χ2v) is 16.7. The quantitative estimate of drug-likeness (QED) is 0.0264. The van der Waals surface area contributed by atoms with Crippen molar-refractivity contribution in [3.05, 3.63) is 24.3 Å². The summed E-state index contributed by atoms with van der Waals surface area (Å²) >= 11 is 0. The predicted octanol–water partition coefficient (Wildman–Crippen LogP) is 16.0. The van der Waals surface area contributed by atoms with Crippen LogP contribution in [0.4, 0.5) is 0 Å². The topological polar surface area (TPSA) is 78.9 Å². The van der Waals surface area contributed by atoms with Crippen molar-refractivity contribution in [2.45, 2.75) is 271 Å². The van der Waals surface area contributed by atoms with Gasteiger partial charge in [0.05, 0.1) is 0 Å². The maximum atomic E-state index is 12.7. The van der Waals surface area contributed by atoms with Gasteiger partial charge in [0.15, 0.2) is 6.10 Å². The molecule has 0 aromatic rings. The zero-order chi connectivity index (χ0) is 41.5. The summed E-state index contributed by atoms with van der Waals surface area (Å²) in [5.41, 5.74) is 0. The average Bonchev–Trinajstić information content (AvgIpc) is 3.21. The summed E-state index contributed by atoms with van der Waals surface area (Å²) in [6.07, 6.45) is 51.6. The van der Waals surface area contributed by atoms with Crippen molar-refractivity contribution in [3.8, 4) is 0 Å². The maximum absolute atomic E-state index is 12.7. The van der Waals surface area contributed by atoms with Gasteiger partial charge in [0.1, 0.15) is 13.2 Å². The lowest BCUT2D eigenvalue weighted by Gasteiger charge is -2.18. The number of hydrogen-bond acceptors (Lipinski definition) is 6. The van der Waals surface area contributed by atoms with Gasteiger partial charge in [0.25, 0.3) is 0 Å². The van der Waals surface area contributed by atoms with E-state index in [9.17, 15) is 14.4 Å². The minimum atomic E-state index is -0.768. The molecule has 0 bridgehead atoms. The van der Waals surface area contributed by atoms with E-state index in [1.54, 1.807) is 0 Å². The number of carbonyl (C=O) groups excluding carboxylic acids is 3. The average molecular weight is 803 g/mol. The van der Waals surface area contributed by atoms with Gasteiger partial charge in [-0.1, -0.05) is 225 Å². The molecule has 0 saturated carbocycles. The standard InChI is InChI=1S/C51H94O6/c1-4-7-10-13-16-19-22-24-26-28-29-32-35-38-41-44-50(53)56-47-48(46-55-49(52)43-40-37-34-31-21-18-15-12-9-6-3)57-51(54)45-42-39-36-33-30-27-25-23-20-17-14-11-8-5-2/h8,11,17,20,48H,4-7,9-10,12-16,18-19,21-47H2,1-3H3/b11-8-,20-17-. The molecule has 0 radical (unpaired) electrons. The first-order valence-corrected chi connectivity index (χ1v) is 24.8. The molecular weight excluding hydrogens is 709 g/mol. The first kappa shape index (κ1) is 54.9. The molecule has 0 aliphatic heterocycles. The van der Waals surface area contributed by atoms with E-state index in [4.69, 9.17) is 14.2 Å². The van der Waals surface area contributed by atoms with Gasteiger partial charge < -0.3 is 14.2 Å². The summed E-state index contributed by atoms with van der Waals surface area (Å²) < 4.78 is 16.8. The molecule has 0 saturated heterocycles. The molecule has 57 heavy (non-hydrogen) atoms. The highest BCUT2D eigenvalue weighted by Gasteiger charge is 2.19. The van der Waals surface area contributed by atoms with Gasteiger partial charge in [-0.2, -0.15) is 0 Å². The van der Waals surface area contributed by atoms with Gasteiger partial charge in [-0.15, -0.1) is 0 Å². The highest BCUT2D eigenvalue weighted by Crippen LogP contribution is 2.16. The second-order valence-electron chi connectivity index (χ2n) is 16.7. The SMILES string of the molecule is CC/C=C\C/C=C\CCCCCCCCCC(=O)OC(COC(=O)CCCCCCCCCCCC)COC(=O)CCCCCCCCCCCCCCCCC. The molecule has 0 spiro atoms. The fourth-order valence-electron chi connectivity index (χ4n) is 7.25. The summed E-state index contributed by atoms with van der Waals surface area (Å²) in [6.45, 7) is 6.54. The maximum Gasteiger partial charge on any atom is 0.306 e. The second kappa shape index (κ2) is 46.6. The van der Waals surface area contributed by atoms with E-state index < -0.39 is 6.10 Å². The van der Waals surface area contributed by atoms with Crippen LogP contribution in [-0.2, 0) is 28.6 Å². The molecule has 0 aliphatic rings. The molecule has 0 aromatic heterocycles. The van der Waals surface area contributed by atoms with Gasteiger partial charge in [0, 0.05) is 19.3 Å². The van der Waals surface area contributed by atoms with Crippen molar-refractivity contribution in [2.75, 3.05) is 13.2 Å². The van der Waals surface area contributed by atoms with Crippen LogP contribution in [0.15, 0.2) is 24.3 Å². The lowest BCUT2D eigenvalue weighted by Crippen LogP contribution is -2.30. The van der Waals surface area contributed by atoms with Crippen LogP contribution in [0, 0.1) is 0 Å². The Bertz CT molecular complexity index is 927. The van der Waals surface area contributed by atoms with Gasteiger partial charge in [0.2, 0.25) is 0 Å². The highest BCUT2D eigenvalue weighted by molar-refractivity contribution is 5.71. The van der Waals surface area contributed by atoms with Crippen LogP contribution in [0.5, 0.6) is 0 Å². The van der Waals surface area contributed by atoms with Crippen LogP contribution < -0.4 is 0 Å². The molecule has 0 aliphatic carbocycles. The fourth-order valence-corrected chi connectivity index (χ4v) is 7.25. The number of ether oxygens (including phenoxy) is 3. The number of carbonyl (C=O) groups is 3. The summed E-state index contributed by atoms with van der Waals surface area (Å²) in [7, 11) is 0. The van der Waals surface area contributed by atoms with Crippen LogP contribution in [0.1, 0.15) is 265 Å². The van der Waals surface area contributed by atoms with E-state index in [-0.39, 0.29) is 31.1 Å². The van der Waals surface area contributed by atoms with E-state index >= 15 is 0 Å². The Morgan fingerprint density at radius 3 is 1.05 bits per heavy atom. The summed E-state index contributed by atoms with van der Waals surface area (Å²) in [6, 6.07) is 0. The van der Waals surface area contributed by atoms with Crippen LogP contribution >= 0.6 is 0 Å². The van der Waals surface area contributed by atoms with E-state index in [1.807, 2.05) is 0 Å². The molecule has 0 fully saturated rings. The van der Waals surface area contributed by atoms with Crippen LogP contribution in [0.25, 0.3) is 0 Å². The van der Waals surface area contributed by atoms with Gasteiger partial charge >= 0.3 is 17.9 Å². The lowest BCUT2D eigenvalue weighted by molar-refractivity contribution is -0.167. The molecule has 6 heteroatoms. The Balaban J connectivity index is 4.32. The Morgan fingerprint density at radius 1 is 0.368 bits per heavy atom. The number of allylic oxidation sites excluding steroid dienone is 4. The predicted molar refractivity (Wildman–Crippen MR) is 243 cm³/mol. The molecule has 1 atom stereocenters. The molecule has 0 amide bonds. The number of unbranched alkanes of at least 4 members (excludes halogenated alkanes) is 30. The molecular formula is C51H94O6. The molecule has 1 unspecified atom stereocenters. The van der Waals surface area contributed by atoms with Crippen molar-refractivity contribution in [1.82, 2.24) is 0 Å².